The van der Waals surface area contributed by atoms with Gasteiger partial charge in [0, 0.05) is 0 Å². The fourth-order valence-electron chi connectivity index (χ4n) is 1.39. The van der Waals surface area contributed by atoms with Crippen molar-refractivity contribution >= 4 is 31.9 Å². The van der Waals surface area contributed by atoms with Gasteiger partial charge in [-0.25, -0.2) is 4.68 Å². The second-order valence-electron chi connectivity index (χ2n) is 3.44. The molecule has 1 aromatic carbocycles. The molecule has 0 saturated carbocycles. The van der Waals surface area contributed by atoms with Crippen LogP contribution in [0.2, 0.25) is 0 Å². The van der Waals surface area contributed by atoms with Crippen molar-refractivity contribution in [3.63, 3.8) is 0 Å². The molecule has 88 valence electrons. The number of halogens is 2. The molecule has 1 heterocycles. The first kappa shape index (κ1) is 12.3. The van der Waals surface area contributed by atoms with Crippen LogP contribution in [0, 0.1) is 0 Å². The minimum Gasteiger partial charge on any atom is -0.508 e. The Hall–Kier alpha value is -1.14. The van der Waals surface area contributed by atoms with Crippen molar-refractivity contribution in [3.8, 4) is 5.75 Å². The fourth-order valence-corrected chi connectivity index (χ4v) is 1.95. The first-order valence-electron chi connectivity index (χ1n) is 4.77. The molecule has 0 aliphatic heterocycles. The molecule has 2 aromatic rings. The van der Waals surface area contributed by atoms with Crippen LogP contribution in [0.15, 0.2) is 44.2 Å². The molecule has 4 nitrogen and oxygen atoms in total. The van der Waals surface area contributed by atoms with Gasteiger partial charge in [-0.3, -0.25) is 4.79 Å². The molecule has 0 unspecified atom stereocenters. The molecule has 1 N–H and O–H groups in total. The van der Waals surface area contributed by atoms with E-state index in [4.69, 9.17) is 0 Å². The maximum absolute atomic E-state index is 11.8. The van der Waals surface area contributed by atoms with Gasteiger partial charge in [0.1, 0.15) is 10.2 Å². The molecule has 0 amide bonds. The third-order valence-electron chi connectivity index (χ3n) is 2.19. The van der Waals surface area contributed by atoms with E-state index in [9.17, 15) is 9.90 Å². The van der Waals surface area contributed by atoms with Crippen LogP contribution in [0.3, 0.4) is 0 Å². The van der Waals surface area contributed by atoms with Gasteiger partial charge in [-0.2, -0.15) is 5.10 Å². The summed E-state index contributed by atoms with van der Waals surface area (Å²) in [5, 5.41) is 13.3. The summed E-state index contributed by atoms with van der Waals surface area (Å²) in [4.78, 5) is 11.8. The maximum atomic E-state index is 11.8. The number of aromatic hydroxyl groups is 1. The highest BCUT2D eigenvalue weighted by Crippen LogP contribution is 2.17. The highest BCUT2D eigenvalue weighted by molar-refractivity contribution is 9.13. The van der Waals surface area contributed by atoms with E-state index < -0.39 is 0 Å². The van der Waals surface area contributed by atoms with Gasteiger partial charge in [0.2, 0.25) is 0 Å². The summed E-state index contributed by atoms with van der Waals surface area (Å²) in [6.07, 6.45) is 1.55. The van der Waals surface area contributed by atoms with Gasteiger partial charge >= 0.3 is 0 Å². The van der Waals surface area contributed by atoms with Gasteiger partial charge in [0.25, 0.3) is 5.56 Å². The molecule has 6 heteroatoms. The monoisotopic (exact) mass is 358 g/mol. The van der Waals surface area contributed by atoms with Crippen molar-refractivity contribution in [3.05, 3.63) is 55.3 Å². The number of phenolic OH excluding ortho intramolecular Hbond substituents is 1. The van der Waals surface area contributed by atoms with E-state index in [1.807, 2.05) is 6.07 Å². The fraction of sp³-hybridized carbons (Fsp3) is 0.0909. The normalized spacial score (nSPS) is 10.5. The Morgan fingerprint density at radius 3 is 2.82 bits per heavy atom. The van der Waals surface area contributed by atoms with Crippen LogP contribution >= 0.6 is 31.9 Å². The quantitative estimate of drug-likeness (QED) is 0.896. The predicted octanol–water partition coefficient (Wildman–Crippen LogP) is 2.52. The predicted molar refractivity (Wildman–Crippen MR) is 71.1 cm³/mol. The third-order valence-corrected chi connectivity index (χ3v) is 4.08. The third kappa shape index (κ3) is 2.76. The highest BCUT2D eigenvalue weighted by atomic mass is 79.9. The first-order chi connectivity index (χ1) is 8.08. The Labute approximate surface area is 114 Å². The minimum atomic E-state index is -0.220. The summed E-state index contributed by atoms with van der Waals surface area (Å²) in [6, 6.07) is 6.73. The van der Waals surface area contributed by atoms with Crippen molar-refractivity contribution in [1.29, 1.82) is 0 Å². The largest absolute Gasteiger partial charge is 0.508 e. The Bertz CT molecular complexity index is 611. The lowest BCUT2D eigenvalue weighted by Crippen LogP contribution is -2.24. The number of rotatable bonds is 2. The zero-order chi connectivity index (χ0) is 12.4. The van der Waals surface area contributed by atoms with E-state index in [1.54, 1.807) is 24.4 Å². The lowest BCUT2D eigenvalue weighted by atomic mass is 10.2. The second-order valence-corrected chi connectivity index (χ2v) is 5.09. The maximum Gasteiger partial charge on any atom is 0.282 e. The molecule has 0 bridgehead atoms. The zero-order valence-electron chi connectivity index (χ0n) is 8.60. The van der Waals surface area contributed by atoms with Crippen molar-refractivity contribution in [2.45, 2.75) is 6.54 Å². The Balaban J connectivity index is 2.37. The summed E-state index contributed by atoms with van der Waals surface area (Å²) in [7, 11) is 0. The molecule has 0 radical (unpaired) electrons. The van der Waals surface area contributed by atoms with Crippen molar-refractivity contribution in [2.75, 3.05) is 0 Å². The lowest BCUT2D eigenvalue weighted by Gasteiger charge is -2.06. The Morgan fingerprint density at radius 1 is 1.35 bits per heavy atom. The first-order valence-corrected chi connectivity index (χ1v) is 6.35. The number of hydrogen-bond acceptors (Lipinski definition) is 3. The summed E-state index contributed by atoms with van der Waals surface area (Å²) in [6.45, 7) is 0.319. The second kappa shape index (κ2) is 5.01. The number of aromatic nitrogens is 2. The molecule has 2 rings (SSSR count). The molecule has 0 fully saturated rings. The Morgan fingerprint density at radius 2 is 2.12 bits per heavy atom. The van der Waals surface area contributed by atoms with Crippen molar-refractivity contribution in [1.82, 2.24) is 9.78 Å². The SMILES string of the molecule is O=c1c(Br)c(Br)cnn1Cc1cccc(O)c1. The highest BCUT2D eigenvalue weighted by Gasteiger charge is 2.07. The van der Waals surface area contributed by atoms with E-state index in [0.29, 0.717) is 15.5 Å². The van der Waals surface area contributed by atoms with Crippen LogP contribution in [-0.4, -0.2) is 14.9 Å². The summed E-state index contributed by atoms with van der Waals surface area (Å²) < 4.78 is 2.38. The Kier molecular flexibility index (Phi) is 3.63. The van der Waals surface area contributed by atoms with Crippen LogP contribution < -0.4 is 5.56 Å². The van der Waals surface area contributed by atoms with Crippen LogP contribution in [0.25, 0.3) is 0 Å². The van der Waals surface area contributed by atoms with E-state index in [0.717, 1.165) is 5.56 Å². The lowest BCUT2D eigenvalue weighted by molar-refractivity contribution is 0.474. The molecule has 0 spiro atoms. The molecular formula is C11H8Br2N2O2. The van der Waals surface area contributed by atoms with Crippen molar-refractivity contribution in [2.24, 2.45) is 0 Å². The summed E-state index contributed by atoms with van der Waals surface area (Å²) >= 11 is 6.40. The molecule has 17 heavy (non-hydrogen) atoms. The zero-order valence-corrected chi connectivity index (χ0v) is 11.8. The van der Waals surface area contributed by atoms with Gasteiger partial charge in [0.05, 0.1) is 17.2 Å². The number of hydrogen-bond donors (Lipinski definition) is 1. The van der Waals surface area contributed by atoms with Gasteiger partial charge in [-0.05, 0) is 49.6 Å². The van der Waals surface area contributed by atoms with Gasteiger partial charge in [-0.15, -0.1) is 0 Å². The molecular weight excluding hydrogens is 352 g/mol. The summed E-state index contributed by atoms with van der Waals surface area (Å²) in [5.41, 5.74) is 0.594. The van der Waals surface area contributed by atoms with Gasteiger partial charge in [-0.1, -0.05) is 12.1 Å². The standard InChI is InChI=1S/C11H8Br2N2O2/c12-9-5-14-15(11(17)10(9)13)6-7-2-1-3-8(16)4-7/h1-5,16H,6H2. The van der Waals surface area contributed by atoms with Gasteiger partial charge in [0.15, 0.2) is 0 Å². The molecule has 0 aliphatic rings. The minimum absolute atomic E-state index is 0.173. The van der Waals surface area contributed by atoms with Crippen molar-refractivity contribution < 1.29 is 5.11 Å². The molecule has 1 aromatic heterocycles. The van der Waals surface area contributed by atoms with Crippen LogP contribution in [-0.2, 0) is 6.54 Å². The number of nitrogens with zero attached hydrogens (tertiary/aromatic N) is 2. The average Bonchev–Trinajstić information content (AvgIpc) is 2.30. The molecule has 0 aliphatic carbocycles. The van der Waals surface area contributed by atoms with Crippen LogP contribution in [0.1, 0.15) is 5.56 Å². The van der Waals surface area contributed by atoms with Crippen LogP contribution in [0.4, 0.5) is 0 Å². The molecule has 0 saturated heterocycles. The van der Waals surface area contributed by atoms with Gasteiger partial charge < -0.3 is 5.11 Å². The van der Waals surface area contributed by atoms with E-state index in [-0.39, 0.29) is 11.3 Å². The number of benzene rings is 1. The number of phenols is 1. The average molecular weight is 360 g/mol. The smallest absolute Gasteiger partial charge is 0.282 e. The van der Waals surface area contributed by atoms with E-state index >= 15 is 0 Å². The van der Waals surface area contributed by atoms with E-state index in [1.165, 1.54) is 4.68 Å². The summed E-state index contributed by atoms with van der Waals surface area (Å²) in [5.74, 6) is 0.173. The molecule has 0 atom stereocenters. The van der Waals surface area contributed by atoms with E-state index in [2.05, 4.69) is 37.0 Å². The topological polar surface area (TPSA) is 55.1 Å². The van der Waals surface area contributed by atoms with Crippen LogP contribution in [0.5, 0.6) is 5.75 Å².